The molecule has 1 atom stereocenters. The first-order valence-electron chi connectivity index (χ1n) is 8.67. The summed E-state index contributed by atoms with van der Waals surface area (Å²) in [6.07, 6.45) is 1.86. The molecule has 2 saturated heterocycles. The third kappa shape index (κ3) is 3.57. The van der Waals surface area contributed by atoms with Crippen LogP contribution in [0.15, 0.2) is 24.3 Å². The Bertz CT molecular complexity index is 916. The number of halogens is 1. The second kappa shape index (κ2) is 7.32. The molecule has 2 aromatic rings. The Morgan fingerprint density at radius 1 is 1.33 bits per heavy atom. The number of carbonyl (C=O) groups excluding carboxylic acids is 1. The summed E-state index contributed by atoms with van der Waals surface area (Å²) in [5.74, 6) is -0.701. The zero-order valence-corrected chi connectivity index (χ0v) is 15.3. The Kier molecular flexibility index (Phi) is 4.88. The second-order valence-corrected chi connectivity index (χ2v) is 7.76. The van der Waals surface area contributed by atoms with Crippen LogP contribution in [-0.2, 0) is 20.7 Å². The molecule has 2 aliphatic rings. The van der Waals surface area contributed by atoms with E-state index in [4.69, 9.17) is 9.47 Å². The first-order chi connectivity index (χ1) is 13.0. The van der Waals surface area contributed by atoms with Crippen LogP contribution in [0.3, 0.4) is 0 Å². The lowest BCUT2D eigenvalue weighted by molar-refractivity contribution is -0.117. The zero-order chi connectivity index (χ0) is 19.0. The van der Waals surface area contributed by atoms with Gasteiger partial charge in [0, 0.05) is 18.6 Å². The molecule has 2 heterocycles. The largest absolute Gasteiger partial charge is 0.506 e. The lowest BCUT2D eigenvalue weighted by atomic mass is 10.0. The number of fused-ring (bicyclic) bond motifs is 1. The molecule has 9 heteroatoms. The minimum atomic E-state index is -1.93. The number of hydrogen-bond donors (Lipinski definition) is 2. The van der Waals surface area contributed by atoms with Gasteiger partial charge in [-0.05, 0) is 42.3 Å². The smallest absolute Gasteiger partial charge is 0.253 e. The van der Waals surface area contributed by atoms with Crippen LogP contribution in [0.25, 0.3) is 10.8 Å². The van der Waals surface area contributed by atoms with Gasteiger partial charge in [-0.25, -0.2) is 8.60 Å². The van der Waals surface area contributed by atoms with E-state index in [1.165, 1.54) is 6.07 Å². The predicted molar refractivity (Wildman–Crippen MR) is 98.2 cm³/mol. The molecule has 0 radical (unpaired) electrons. The van der Waals surface area contributed by atoms with Crippen molar-refractivity contribution < 1.29 is 28.0 Å². The summed E-state index contributed by atoms with van der Waals surface area (Å²) < 4.78 is 41.4. The van der Waals surface area contributed by atoms with Gasteiger partial charge in [-0.2, -0.15) is 0 Å². The number of ether oxygens (including phenoxy) is 2. The molecule has 1 unspecified atom stereocenters. The first-order valence-corrected chi connectivity index (χ1v) is 9.78. The summed E-state index contributed by atoms with van der Waals surface area (Å²) in [6, 6.07) is 6.32. The monoisotopic (exact) mass is 394 g/mol. The lowest BCUT2D eigenvalue weighted by Gasteiger charge is -2.22. The summed E-state index contributed by atoms with van der Waals surface area (Å²) in [5.41, 5.74) is -0.263. The van der Waals surface area contributed by atoms with Crippen molar-refractivity contribution in [3.63, 3.8) is 0 Å². The number of nitrogens with zero attached hydrogens (tertiary/aromatic N) is 1. The van der Waals surface area contributed by atoms with Crippen molar-refractivity contribution in [2.24, 2.45) is 5.92 Å². The minimum Gasteiger partial charge on any atom is -0.506 e. The molecule has 2 aliphatic heterocycles. The van der Waals surface area contributed by atoms with Gasteiger partial charge in [0.1, 0.15) is 23.7 Å². The van der Waals surface area contributed by atoms with Gasteiger partial charge in [-0.3, -0.25) is 13.8 Å². The van der Waals surface area contributed by atoms with E-state index in [-0.39, 0.29) is 23.4 Å². The number of amides is 1. The van der Waals surface area contributed by atoms with Gasteiger partial charge >= 0.3 is 0 Å². The molecule has 1 amide bonds. The molecule has 4 rings (SSSR count). The summed E-state index contributed by atoms with van der Waals surface area (Å²) in [7, 11) is 0. The number of aromatic hydroxyl groups is 1. The fraction of sp³-hybridized carbons (Fsp3) is 0.389. The number of hydrogen-bond acceptors (Lipinski definition) is 5. The van der Waals surface area contributed by atoms with E-state index in [0.717, 1.165) is 30.4 Å². The molecule has 2 aromatic carbocycles. The topological polar surface area (TPSA) is 88.1 Å². The maximum absolute atomic E-state index is 15.1. The average molecular weight is 394 g/mol. The number of phenolic OH excluding ortho intramolecular Hbond substituents is 1. The van der Waals surface area contributed by atoms with Crippen LogP contribution in [0.5, 0.6) is 11.5 Å². The molecule has 0 aromatic heterocycles. The molecule has 0 aliphatic carbocycles. The minimum absolute atomic E-state index is 0.226. The number of phenols is 1. The van der Waals surface area contributed by atoms with Crippen LogP contribution in [0, 0.1) is 11.7 Å². The van der Waals surface area contributed by atoms with Gasteiger partial charge in [0.2, 0.25) is 11.2 Å². The number of rotatable bonds is 4. The van der Waals surface area contributed by atoms with E-state index >= 15 is 4.39 Å². The Morgan fingerprint density at radius 3 is 2.81 bits per heavy atom. The summed E-state index contributed by atoms with van der Waals surface area (Å²) in [6.45, 7) is 1.68. The van der Waals surface area contributed by atoms with Crippen LogP contribution >= 0.6 is 0 Å². The highest BCUT2D eigenvalue weighted by Crippen LogP contribution is 2.38. The summed E-state index contributed by atoms with van der Waals surface area (Å²) in [5, 5.41) is 10.9. The van der Waals surface area contributed by atoms with Crippen LogP contribution in [0.1, 0.15) is 12.8 Å². The first kappa shape index (κ1) is 18.0. The van der Waals surface area contributed by atoms with E-state index < -0.39 is 22.9 Å². The Balaban J connectivity index is 1.63. The maximum atomic E-state index is 15.1. The van der Waals surface area contributed by atoms with E-state index in [2.05, 4.69) is 4.72 Å². The van der Waals surface area contributed by atoms with Gasteiger partial charge in [0.05, 0.1) is 6.61 Å². The van der Waals surface area contributed by atoms with Gasteiger partial charge < -0.3 is 14.6 Å². The predicted octanol–water partition coefficient (Wildman–Crippen LogP) is 2.00. The highest BCUT2D eigenvalue weighted by Gasteiger charge is 2.32. The lowest BCUT2D eigenvalue weighted by Crippen LogP contribution is -2.23. The van der Waals surface area contributed by atoms with Crippen molar-refractivity contribution in [3.05, 3.63) is 30.1 Å². The fourth-order valence-corrected chi connectivity index (χ4v) is 4.24. The molecule has 0 bridgehead atoms. The number of nitrogens with one attached hydrogen (secondary N) is 1. The van der Waals surface area contributed by atoms with Crippen LogP contribution in [-0.4, -0.2) is 41.6 Å². The average Bonchev–Trinajstić information content (AvgIpc) is 2.99. The van der Waals surface area contributed by atoms with Crippen LogP contribution < -0.4 is 13.8 Å². The molecular formula is C18H19FN2O5S. The van der Waals surface area contributed by atoms with Gasteiger partial charge in [-0.1, -0.05) is 6.07 Å². The molecular weight excluding hydrogens is 375 g/mol. The standard InChI is InChI=1S/C18H19FN2O5S/c19-17-14-8-13(26-10-11-3-5-25-6-4-11)2-1-12(14)7-15(22)18(17)21-9-16(23)20-27(21)24/h1-2,7-8,11,22H,3-6,9-10H2,(H,20,23). The van der Waals surface area contributed by atoms with Crippen molar-refractivity contribution in [1.82, 2.24) is 4.72 Å². The van der Waals surface area contributed by atoms with Gasteiger partial charge in [0.15, 0.2) is 5.82 Å². The third-order valence-corrected chi connectivity index (χ3v) is 5.88. The van der Waals surface area contributed by atoms with Crippen molar-refractivity contribution in [2.45, 2.75) is 12.8 Å². The van der Waals surface area contributed by atoms with Gasteiger partial charge in [0.25, 0.3) is 5.91 Å². The van der Waals surface area contributed by atoms with Crippen LogP contribution in [0.4, 0.5) is 10.1 Å². The second-order valence-electron chi connectivity index (χ2n) is 6.62. The highest BCUT2D eigenvalue weighted by molar-refractivity contribution is 7.85. The van der Waals surface area contributed by atoms with Gasteiger partial charge in [-0.15, -0.1) is 0 Å². The molecule has 27 heavy (non-hydrogen) atoms. The Morgan fingerprint density at radius 2 is 2.11 bits per heavy atom. The number of benzene rings is 2. The molecule has 2 fully saturated rings. The van der Waals surface area contributed by atoms with Crippen molar-refractivity contribution in [1.29, 1.82) is 0 Å². The SMILES string of the molecule is O=C1CN(c2c(O)cc3ccc(OCC4CCOCC4)cc3c2F)S(=O)N1. The molecule has 144 valence electrons. The highest BCUT2D eigenvalue weighted by atomic mass is 32.2. The third-order valence-electron chi connectivity index (χ3n) is 4.77. The zero-order valence-electron chi connectivity index (χ0n) is 14.4. The number of carbonyl (C=O) groups is 1. The Hall–Kier alpha value is -2.39. The van der Waals surface area contributed by atoms with Crippen LogP contribution in [0.2, 0.25) is 0 Å². The van der Waals surface area contributed by atoms with E-state index in [1.807, 2.05) is 0 Å². The molecule has 7 nitrogen and oxygen atoms in total. The maximum Gasteiger partial charge on any atom is 0.253 e. The van der Waals surface area contributed by atoms with E-state index in [1.54, 1.807) is 18.2 Å². The quantitative estimate of drug-likeness (QED) is 0.828. The molecule has 0 saturated carbocycles. The molecule has 0 spiro atoms. The van der Waals surface area contributed by atoms with Crippen molar-refractivity contribution >= 4 is 33.5 Å². The van der Waals surface area contributed by atoms with Crippen molar-refractivity contribution in [3.8, 4) is 11.5 Å². The van der Waals surface area contributed by atoms with E-state index in [9.17, 15) is 14.1 Å². The summed E-state index contributed by atoms with van der Waals surface area (Å²) >= 11 is -1.93. The molecule has 2 N–H and O–H groups in total. The van der Waals surface area contributed by atoms with Crippen molar-refractivity contribution in [2.75, 3.05) is 30.7 Å². The normalized spacial score (nSPS) is 20.9. The Labute approximate surface area is 157 Å². The fourth-order valence-electron chi connectivity index (χ4n) is 3.30. The summed E-state index contributed by atoms with van der Waals surface area (Å²) in [4.78, 5) is 11.4. The van der Waals surface area contributed by atoms with E-state index in [0.29, 0.717) is 23.7 Å². The number of anilines is 1.